The number of imidazole rings is 1. The van der Waals surface area contributed by atoms with Crippen molar-refractivity contribution in [3.05, 3.63) is 58.4 Å². The molecule has 0 aliphatic rings. The summed E-state index contributed by atoms with van der Waals surface area (Å²) in [4.78, 5) is 16.8. The predicted molar refractivity (Wildman–Crippen MR) is 118 cm³/mol. The van der Waals surface area contributed by atoms with Crippen molar-refractivity contribution < 1.29 is 18.7 Å². The summed E-state index contributed by atoms with van der Waals surface area (Å²) in [6, 6.07) is 10.0. The lowest BCUT2D eigenvalue weighted by molar-refractivity contribution is 0.0526. The molecule has 0 aliphatic carbocycles. The van der Waals surface area contributed by atoms with Gasteiger partial charge < -0.3 is 14.0 Å². The summed E-state index contributed by atoms with van der Waals surface area (Å²) >= 11 is 7.29. The number of esters is 1. The van der Waals surface area contributed by atoms with E-state index in [-0.39, 0.29) is 11.8 Å². The number of halogens is 2. The van der Waals surface area contributed by atoms with Crippen molar-refractivity contribution in [2.24, 2.45) is 0 Å². The first-order chi connectivity index (χ1) is 14.5. The summed E-state index contributed by atoms with van der Waals surface area (Å²) in [7, 11) is 0. The van der Waals surface area contributed by atoms with Crippen LogP contribution in [0.15, 0.2) is 41.6 Å². The van der Waals surface area contributed by atoms with Gasteiger partial charge in [-0.15, -0.1) is 0 Å². The van der Waals surface area contributed by atoms with E-state index in [1.807, 2.05) is 13.0 Å². The molecule has 1 aromatic heterocycles. The van der Waals surface area contributed by atoms with Crippen molar-refractivity contribution in [3.8, 4) is 0 Å². The Balaban J connectivity index is 1.87. The average Bonchev–Trinajstić information content (AvgIpc) is 3.07. The quantitative estimate of drug-likeness (QED) is 0.224. The van der Waals surface area contributed by atoms with Crippen LogP contribution in [0.3, 0.4) is 0 Å². The Bertz CT molecular complexity index is 1030. The molecule has 30 heavy (non-hydrogen) atoms. The molecule has 0 amide bonds. The van der Waals surface area contributed by atoms with Gasteiger partial charge in [-0.3, -0.25) is 0 Å². The minimum atomic E-state index is -0.372. The number of carbonyl (C=O) groups is 1. The van der Waals surface area contributed by atoms with Crippen LogP contribution in [0.5, 0.6) is 0 Å². The molecule has 0 radical (unpaired) electrons. The normalized spacial score (nSPS) is 11.2. The fourth-order valence-corrected chi connectivity index (χ4v) is 4.21. The van der Waals surface area contributed by atoms with Crippen LogP contribution < -0.4 is 0 Å². The molecule has 3 aromatic rings. The maximum absolute atomic E-state index is 14.2. The van der Waals surface area contributed by atoms with E-state index in [1.54, 1.807) is 31.2 Å². The van der Waals surface area contributed by atoms with Crippen molar-refractivity contribution in [2.75, 3.05) is 19.8 Å². The van der Waals surface area contributed by atoms with Crippen LogP contribution in [0.1, 0.15) is 36.2 Å². The van der Waals surface area contributed by atoms with Crippen molar-refractivity contribution in [1.82, 2.24) is 9.55 Å². The van der Waals surface area contributed by atoms with E-state index in [4.69, 9.17) is 26.1 Å². The number of rotatable bonds is 10. The molecule has 0 atom stereocenters. The molecular weight excluding hydrogens is 427 g/mol. The zero-order valence-electron chi connectivity index (χ0n) is 17.0. The molecule has 8 heteroatoms. The minimum Gasteiger partial charge on any atom is -0.462 e. The van der Waals surface area contributed by atoms with Crippen LogP contribution in [0.4, 0.5) is 4.39 Å². The highest BCUT2D eigenvalue weighted by Gasteiger charge is 2.15. The number of ether oxygens (including phenoxy) is 2. The van der Waals surface area contributed by atoms with Gasteiger partial charge in [0, 0.05) is 30.5 Å². The Morgan fingerprint density at radius 2 is 2.03 bits per heavy atom. The Kier molecular flexibility index (Phi) is 8.13. The fourth-order valence-electron chi connectivity index (χ4n) is 3.03. The van der Waals surface area contributed by atoms with Gasteiger partial charge in [-0.05, 0) is 56.2 Å². The molecule has 2 aromatic carbocycles. The van der Waals surface area contributed by atoms with Gasteiger partial charge in [-0.1, -0.05) is 29.4 Å². The standard InChI is InChI=1S/C22H24ClFN2O3S/c1-3-28-11-5-10-26-20-9-7-15(21(27)29-4-2)12-19(20)25-22(26)30-14-16-6-8-17(23)13-18(16)24/h6-9,12-13H,3-5,10-11,14H2,1-2H3. The third kappa shape index (κ3) is 5.53. The monoisotopic (exact) mass is 450 g/mol. The third-order valence-electron chi connectivity index (χ3n) is 4.47. The molecule has 5 nitrogen and oxygen atoms in total. The second kappa shape index (κ2) is 10.8. The second-order valence-electron chi connectivity index (χ2n) is 6.54. The first kappa shape index (κ1) is 22.6. The lowest BCUT2D eigenvalue weighted by atomic mass is 10.2. The van der Waals surface area contributed by atoms with Crippen LogP contribution in [0.2, 0.25) is 5.02 Å². The molecule has 0 fully saturated rings. The van der Waals surface area contributed by atoms with E-state index in [0.29, 0.717) is 53.8 Å². The third-order valence-corrected chi connectivity index (χ3v) is 5.73. The van der Waals surface area contributed by atoms with Gasteiger partial charge in [0.15, 0.2) is 5.16 Å². The number of thioether (sulfide) groups is 1. The van der Waals surface area contributed by atoms with Crippen molar-refractivity contribution in [2.45, 2.75) is 37.7 Å². The summed E-state index contributed by atoms with van der Waals surface area (Å²) in [5.41, 5.74) is 2.64. The molecule has 0 saturated carbocycles. The van der Waals surface area contributed by atoms with Gasteiger partial charge in [0.05, 0.1) is 23.2 Å². The smallest absolute Gasteiger partial charge is 0.338 e. The van der Waals surface area contributed by atoms with Crippen LogP contribution in [0.25, 0.3) is 11.0 Å². The summed E-state index contributed by atoms with van der Waals surface area (Å²) in [6.45, 7) is 6.08. The number of benzene rings is 2. The van der Waals surface area contributed by atoms with Gasteiger partial charge in [0.2, 0.25) is 0 Å². The number of aromatic nitrogens is 2. The van der Waals surface area contributed by atoms with Gasteiger partial charge in [-0.25, -0.2) is 14.2 Å². The SMILES string of the molecule is CCOCCCn1c(SCc2ccc(Cl)cc2F)nc2cc(C(=O)OCC)ccc21. The summed E-state index contributed by atoms with van der Waals surface area (Å²) in [6.07, 6.45) is 0.821. The molecule has 0 spiro atoms. The Morgan fingerprint density at radius 1 is 1.20 bits per heavy atom. The topological polar surface area (TPSA) is 53.4 Å². The number of carbonyl (C=O) groups excluding carboxylic acids is 1. The summed E-state index contributed by atoms with van der Waals surface area (Å²) in [5.74, 6) is -0.288. The van der Waals surface area contributed by atoms with Crippen LogP contribution >= 0.6 is 23.4 Å². The maximum atomic E-state index is 14.2. The molecular formula is C22H24ClFN2O3S. The molecule has 0 N–H and O–H groups in total. The van der Waals surface area contributed by atoms with Gasteiger partial charge in [0.1, 0.15) is 5.82 Å². The van der Waals surface area contributed by atoms with Crippen molar-refractivity contribution >= 4 is 40.4 Å². The molecule has 0 bridgehead atoms. The van der Waals surface area contributed by atoms with Crippen LogP contribution in [-0.2, 0) is 21.8 Å². The first-order valence-corrected chi connectivity index (χ1v) is 11.2. The van der Waals surface area contributed by atoms with E-state index in [2.05, 4.69) is 4.57 Å². The molecule has 0 aliphatic heterocycles. The largest absolute Gasteiger partial charge is 0.462 e. The van der Waals surface area contributed by atoms with E-state index in [0.717, 1.165) is 17.1 Å². The highest BCUT2D eigenvalue weighted by Crippen LogP contribution is 2.29. The minimum absolute atomic E-state index is 0.316. The second-order valence-corrected chi connectivity index (χ2v) is 7.92. The first-order valence-electron chi connectivity index (χ1n) is 9.85. The molecule has 0 saturated heterocycles. The Labute approximate surface area is 184 Å². The van der Waals surface area contributed by atoms with Crippen LogP contribution in [0, 0.1) is 5.82 Å². The van der Waals surface area contributed by atoms with E-state index < -0.39 is 0 Å². The van der Waals surface area contributed by atoms with E-state index in [1.165, 1.54) is 17.8 Å². The predicted octanol–water partition coefficient (Wildman–Crippen LogP) is 5.72. The van der Waals surface area contributed by atoms with Crippen molar-refractivity contribution in [3.63, 3.8) is 0 Å². The van der Waals surface area contributed by atoms with E-state index >= 15 is 0 Å². The molecule has 0 unspecified atom stereocenters. The van der Waals surface area contributed by atoms with E-state index in [9.17, 15) is 9.18 Å². The summed E-state index contributed by atoms with van der Waals surface area (Å²) < 4.78 is 26.8. The number of hydrogen-bond acceptors (Lipinski definition) is 5. The lowest BCUT2D eigenvalue weighted by Crippen LogP contribution is -2.05. The average molecular weight is 451 g/mol. The zero-order valence-corrected chi connectivity index (χ0v) is 18.6. The van der Waals surface area contributed by atoms with Gasteiger partial charge in [-0.2, -0.15) is 0 Å². The highest BCUT2D eigenvalue weighted by atomic mass is 35.5. The maximum Gasteiger partial charge on any atom is 0.338 e. The number of aryl methyl sites for hydroxylation is 1. The molecule has 1 heterocycles. The van der Waals surface area contributed by atoms with Crippen molar-refractivity contribution in [1.29, 1.82) is 0 Å². The van der Waals surface area contributed by atoms with Crippen LogP contribution in [-0.4, -0.2) is 35.3 Å². The fraction of sp³-hybridized carbons (Fsp3) is 0.364. The van der Waals surface area contributed by atoms with Gasteiger partial charge in [0.25, 0.3) is 0 Å². The zero-order chi connectivity index (χ0) is 21.5. The lowest BCUT2D eigenvalue weighted by Gasteiger charge is -2.10. The number of hydrogen-bond donors (Lipinski definition) is 0. The highest BCUT2D eigenvalue weighted by molar-refractivity contribution is 7.98. The number of nitrogens with zero attached hydrogens (tertiary/aromatic N) is 2. The number of fused-ring (bicyclic) bond motifs is 1. The van der Waals surface area contributed by atoms with Gasteiger partial charge >= 0.3 is 5.97 Å². The molecule has 160 valence electrons. The summed E-state index contributed by atoms with van der Waals surface area (Å²) in [5, 5.41) is 1.13. The Hall–Kier alpha value is -2.09. The Morgan fingerprint density at radius 3 is 2.77 bits per heavy atom. The molecule has 3 rings (SSSR count).